The smallest absolute Gasteiger partial charge is 0.278 e. The summed E-state index contributed by atoms with van der Waals surface area (Å²) in [5, 5.41) is 11.6. The van der Waals surface area contributed by atoms with E-state index in [1.54, 1.807) is 44.6 Å². The van der Waals surface area contributed by atoms with Crippen molar-refractivity contribution in [2.24, 2.45) is 0 Å². The van der Waals surface area contributed by atoms with Crippen molar-refractivity contribution < 1.29 is 14.4 Å². The molecule has 6 nitrogen and oxygen atoms in total. The summed E-state index contributed by atoms with van der Waals surface area (Å²) in [6.45, 7) is 0. The minimum Gasteiger partial charge on any atom is -0.497 e. The van der Waals surface area contributed by atoms with Gasteiger partial charge in [-0.15, -0.1) is 0 Å². The van der Waals surface area contributed by atoms with E-state index < -0.39 is 4.92 Å². The molecule has 0 saturated carbocycles. The van der Waals surface area contributed by atoms with E-state index in [0.29, 0.717) is 28.1 Å². The van der Waals surface area contributed by atoms with Crippen LogP contribution >= 0.6 is 0 Å². The number of fused-ring (bicyclic) bond motifs is 1. The van der Waals surface area contributed by atoms with E-state index in [-0.39, 0.29) is 5.69 Å². The van der Waals surface area contributed by atoms with Crippen LogP contribution in [0.1, 0.15) is 11.3 Å². The second-order valence-corrected chi connectivity index (χ2v) is 5.28. The maximum atomic E-state index is 11.1. The minimum atomic E-state index is -0.401. The van der Waals surface area contributed by atoms with Gasteiger partial charge in [0, 0.05) is 17.7 Å². The summed E-state index contributed by atoms with van der Waals surface area (Å²) in [5.41, 5.74) is 2.21. The molecule has 0 aliphatic carbocycles. The van der Waals surface area contributed by atoms with Gasteiger partial charge in [0.25, 0.3) is 5.69 Å². The monoisotopic (exact) mass is 336 g/mol. The number of benzene rings is 2. The fourth-order valence-electron chi connectivity index (χ4n) is 2.54. The van der Waals surface area contributed by atoms with E-state index in [1.807, 2.05) is 24.3 Å². The first-order valence-electron chi connectivity index (χ1n) is 7.56. The van der Waals surface area contributed by atoms with Crippen molar-refractivity contribution in [3.63, 3.8) is 0 Å². The predicted octanol–water partition coefficient (Wildman–Crippen LogP) is 4.33. The number of methoxy groups -OCH3 is 2. The summed E-state index contributed by atoms with van der Waals surface area (Å²) in [6.07, 6.45) is 3.71. The highest BCUT2D eigenvalue weighted by Crippen LogP contribution is 2.27. The largest absolute Gasteiger partial charge is 0.497 e. The zero-order chi connectivity index (χ0) is 17.8. The van der Waals surface area contributed by atoms with Crippen LogP contribution in [0, 0.1) is 10.1 Å². The van der Waals surface area contributed by atoms with Crippen molar-refractivity contribution in [2.45, 2.75) is 0 Å². The number of nitro groups is 1. The van der Waals surface area contributed by atoms with Gasteiger partial charge in [0.05, 0.1) is 35.7 Å². The van der Waals surface area contributed by atoms with Gasteiger partial charge in [-0.3, -0.25) is 10.1 Å². The van der Waals surface area contributed by atoms with E-state index in [9.17, 15) is 10.1 Å². The molecule has 0 unspecified atom stereocenters. The van der Waals surface area contributed by atoms with Gasteiger partial charge in [-0.25, -0.2) is 4.98 Å². The van der Waals surface area contributed by atoms with Crippen molar-refractivity contribution in [2.75, 3.05) is 14.2 Å². The molecule has 1 heterocycles. The highest BCUT2D eigenvalue weighted by molar-refractivity contribution is 5.89. The molecule has 0 N–H and O–H groups in total. The van der Waals surface area contributed by atoms with Crippen LogP contribution in [0.15, 0.2) is 48.5 Å². The Kier molecular flexibility index (Phi) is 4.61. The van der Waals surface area contributed by atoms with Crippen LogP contribution in [0.4, 0.5) is 5.69 Å². The highest BCUT2D eigenvalue weighted by atomic mass is 16.6. The number of hydrogen-bond acceptors (Lipinski definition) is 5. The first-order chi connectivity index (χ1) is 12.1. The van der Waals surface area contributed by atoms with Crippen LogP contribution in [-0.4, -0.2) is 24.1 Å². The number of nitrogens with zero attached hydrogens (tertiary/aromatic N) is 2. The van der Waals surface area contributed by atoms with Crippen molar-refractivity contribution >= 4 is 28.7 Å². The Labute approximate surface area is 144 Å². The summed E-state index contributed by atoms with van der Waals surface area (Å²) >= 11 is 0. The lowest BCUT2D eigenvalue weighted by atomic mass is 10.1. The second kappa shape index (κ2) is 7.00. The van der Waals surface area contributed by atoms with Crippen LogP contribution < -0.4 is 9.47 Å². The third-order valence-electron chi connectivity index (χ3n) is 3.80. The maximum Gasteiger partial charge on any atom is 0.278 e. The van der Waals surface area contributed by atoms with E-state index >= 15 is 0 Å². The molecule has 0 fully saturated rings. The normalized spacial score (nSPS) is 11.0. The van der Waals surface area contributed by atoms with Crippen LogP contribution in [0.2, 0.25) is 0 Å². The Hall–Kier alpha value is -3.41. The number of pyridine rings is 1. The molecule has 1 aromatic heterocycles. The molecule has 126 valence electrons. The third-order valence-corrected chi connectivity index (χ3v) is 3.80. The van der Waals surface area contributed by atoms with Gasteiger partial charge in [-0.2, -0.15) is 0 Å². The van der Waals surface area contributed by atoms with Gasteiger partial charge in [-0.05, 0) is 42.5 Å². The van der Waals surface area contributed by atoms with Gasteiger partial charge >= 0.3 is 0 Å². The first-order valence-corrected chi connectivity index (χ1v) is 7.56. The summed E-state index contributed by atoms with van der Waals surface area (Å²) < 4.78 is 10.5. The van der Waals surface area contributed by atoms with Crippen molar-refractivity contribution in [3.8, 4) is 11.5 Å². The molecule has 0 amide bonds. The van der Waals surface area contributed by atoms with Gasteiger partial charge < -0.3 is 9.47 Å². The quantitative estimate of drug-likeness (QED) is 0.512. The number of aromatic nitrogens is 1. The van der Waals surface area contributed by atoms with Crippen LogP contribution in [0.25, 0.3) is 23.1 Å². The predicted molar refractivity (Wildman–Crippen MR) is 96.9 cm³/mol. The van der Waals surface area contributed by atoms with Crippen LogP contribution in [-0.2, 0) is 0 Å². The summed E-state index contributed by atoms with van der Waals surface area (Å²) in [5.74, 6) is 1.40. The molecule has 3 aromatic rings. The average molecular weight is 336 g/mol. The van der Waals surface area contributed by atoms with E-state index in [2.05, 4.69) is 4.98 Å². The maximum absolute atomic E-state index is 11.1. The molecule has 0 aliphatic rings. The number of non-ortho nitro benzene ring substituents is 1. The molecule has 0 spiro atoms. The highest BCUT2D eigenvalue weighted by Gasteiger charge is 2.11. The van der Waals surface area contributed by atoms with E-state index in [0.717, 1.165) is 5.56 Å². The Morgan fingerprint density at radius 3 is 2.60 bits per heavy atom. The molecule has 0 saturated heterocycles. The van der Waals surface area contributed by atoms with Crippen LogP contribution in [0.3, 0.4) is 0 Å². The number of hydrogen-bond donors (Lipinski definition) is 0. The van der Waals surface area contributed by atoms with Gasteiger partial charge in [-0.1, -0.05) is 6.07 Å². The molecule has 3 rings (SSSR count). The molecular formula is C19H16N2O4. The first kappa shape index (κ1) is 16.4. The summed E-state index contributed by atoms with van der Waals surface area (Å²) in [4.78, 5) is 15.1. The van der Waals surface area contributed by atoms with Crippen molar-refractivity contribution in [3.05, 3.63) is 69.9 Å². The Morgan fingerprint density at radius 1 is 1.04 bits per heavy atom. The number of rotatable bonds is 5. The average Bonchev–Trinajstić information content (AvgIpc) is 2.65. The Balaban J connectivity index is 1.96. The van der Waals surface area contributed by atoms with Crippen LogP contribution in [0.5, 0.6) is 11.5 Å². The van der Waals surface area contributed by atoms with E-state index in [4.69, 9.17) is 9.47 Å². The zero-order valence-corrected chi connectivity index (χ0v) is 13.8. The second-order valence-electron chi connectivity index (χ2n) is 5.28. The fourth-order valence-corrected chi connectivity index (χ4v) is 2.54. The van der Waals surface area contributed by atoms with Gasteiger partial charge in [0.15, 0.2) is 0 Å². The summed E-state index contributed by atoms with van der Waals surface area (Å²) in [6, 6.07) is 13.9. The Morgan fingerprint density at radius 2 is 1.88 bits per heavy atom. The van der Waals surface area contributed by atoms with Gasteiger partial charge in [0.2, 0.25) is 0 Å². The molecule has 0 bridgehead atoms. The third kappa shape index (κ3) is 3.42. The molecule has 25 heavy (non-hydrogen) atoms. The Bertz CT molecular complexity index is 967. The van der Waals surface area contributed by atoms with Gasteiger partial charge in [0.1, 0.15) is 11.5 Å². The molecular weight excluding hydrogens is 320 g/mol. The number of nitro benzene ring substituents is 1. The topological polar surface area (TPSA) is 74.5 Å². The van der Waals surface area contributed by atoms with E-state index in [1.165, 1.54) is 6.07 Å². The minimum absolute atomic E-state index is 0.0531. The molecule has 2 aromatic carbocycles. The SMILES string of the molecule is COc1ccc(C=Cc2ccc3c([N+](=O)[O-])cccc3n2)c(OC)c1. The molecule has 0 atom stereocenters. The molecule has 6 heteroatoms. The lowest BCUT2D eigenvalue weighted by Crippen LogP contribution is -1.91. The molecule has 0 radical (unpaired) electrons. The molecule has 0 aliphatic heterocycles. The van der Waals surface area contributed by atoms with Crippen molar-refractivity contribution in [1.82, 2.24) is 4.98 Å². The lowest BCUT2D eigenvalue weighted by Gasteiger charge is -2.07. The van der Waals surface area contributed by atoms with Crippen molar-refractivity contribution in [1.29, 1.82) is 0 Å². The fraction of sp³-hybridized carbons (Fsp3) is 0.105. The zero-order valence-electron chi connectivity index (χ0n) is 13.8. The summed E-state index contributed by atoms with van der Waals surface area (Å²) in [7, 11) is 3.20. The standard InChI is InChI=1S/C19H16N2O4/c1-24-15-10-7-13(19(12-15)25-2)6-8-14-9-11-16-17(20-14)4-3-5-18(16)21(22)23/h3-12H,1-2H3. The number of ether oxygens (including phenoxy) is 2. The lowest BCUT2D eigenvalue weighted by molar-refractivity contribution is -0.383.